The van der Waals surface area contributed by atoms with Gasteiger partial charge in [0.05, 0.1) is 12.4 Å². The molecule has 0 amide bonds. The van der Waals surface area contributed by atoms with Crippen molar-refractivity contribution in [1.82, 2.24) is 0 Å². The summed E-state index contributed by atoms with van der Waals surface area (Å²) >= 11 is 0. The lowest BCUT2D eigenvalue weighted by Crippen LogP contribution is -2.43. The zero-order chi connectivity index (χ0) is 13.9. The molecule has 1 aliphatic heterocycles. The van der Waals surface area contributed by atoms with Crippen LogP contribution in [0.15, 0.2) is 24.3 Å². The first kappa shape index (κ1) is 14.3. The third kappa shape index (κ3) is 3.28. The number of para-hydroxylation sites is 1. The Hall–Kier alpha value is -1.07. The number of ether oxygens (including phenoxy) is 1. The van der Waals surface area contributed by atoms with E-state index in [9.17, 15) is 8.42 Å². The molecule has 0 saturated carbocycles. The Morgan fingerprint density at radius 1 is 1.32 bits per heavy atom. The van der Waals surface area contributed by atoms with Crippen LogP contribution in [0.1, 0.15) is 31.7 Å². The highest BCUT2D eigenvalue weighted by molar-refractivity contribution is 7.91. The van der Waals surface area contributed by atoms with Crippen molar-refractivity contribution in [1.29, 1.82) is 0 Å². The van der Waals surface area contributed by atoms with Gasteiger partial charge in [-0.1, -0.05) is 25.1 Å². The topological polar surface area (TPSA) is 69.4 Å². The molecule has 2 rings (SSSR count). The molecular formula is C14H21NO3S. The summed E-state index contributed by atoms with van der Waals surface area (Å²) in [6, 6.07) is 7.63. The Bertz CT molecular complexity index is 541. The van der Waals surface area contributed by atoms with Gasteiger partial charge in [0.25, 0.3) is 0 Å². The molecule has 4 nitrogen and oxygen atoms in total. The molecule has 1 aromatic carbocycles. The predicted octanol–water partition coefficient (Wildman–Crippen LogP) is 1.84. The molecule has 0 aromatic heterocycles. The van der Waals surface area contributed by atoms with E-state index in [4.69, 9.17) is 10.5 Å². The first-order valence-corrected chi connectivity index (χ1v) is 8.51. The van der Waals surface area contributed by atoms with Crippen molar-refractivity contribution < 1.29 is 13.2 Å². The van der Waals surface area contributed by atoms with Crippen molar-refractivity contribution >= 4 is 9.84 Å². The first-order chi connectivity index (χ1) is 8.97. The van der Waals surface area contributed by atoms with E-state index >= 15 is 0 Å². The van der Waals surface area contributed by atoms with E-state index in [1.165, 1.54) is 0 Å². The fourth-order valence-electron chi connectivity index (χ4n) is 2.49. The van der Waals surface area contributed by atoms with Crippen LogP contribution in [0.3, 0.4) is 0 Å². The van der Waals surface area contributed by atoms with Crippen molar-refractivity contribution in [2.45, 2.75) is 31.7 Å². The highest BCUT2D eigenvalue weighted by atomic mass is 32.2. The maximum absolute atomic E-state index is 11.8. The van der Waals surface area contributed by atoms with Crippen LogP contribution in [-0.2, 0) is 15.4 Å². The van der Waals surface area contributed by atoms with E-state index in [-0.39, 0.29) is 11.5 Å². The number of hydrogen-bond donors (Lipinski definition) is 1. The van der Waals surface area contributed by atoms with Gasteiger partial charge in [-0.3, -0.25) is 0 Å². The van der Waals surface area contributed by atoms with Crippen LogP contribution in [0.25, 0.3) is 0 Å². The van der Waals surface area contributed by atoms with Crippen LogP contribution >= 0.6 is 0 Å². The zero-order valence-corrected chi connectivity index (χ0v) is 12.1. The molecular weight excluding hydrogens is 262 g/mol. The molecule has 1 aliphatic rings. The number of fused-ring (bicyclic) bond motifs is 1. The van der Waals surface area contributed by atoms with Gasteiger partial charge in [0, 0.05) is 23.3 Å². The van der Waals surface area contributed by atoms with Gasteiger partial charge in [0.1, 0.15) is 15.6 Å². The highest BCUT2D eigenvalue weighted by Gasteiger charge is 2.34. The molecule has 106 valence electrons. The summed E-state index contributed by atoms with van der Waals surface area (Å²) in [6.07, 6.45) is 1.76. The second-order valence-electron chi connectivity index (χ2n) is 5.15. The minimum Gasteiger partial charge on any atom is -0.493 e. The Morgan fingerprint density at radius 2 is 2.05 bits per heavy atom. The maximum Gasteiger partial charge on any atom is 0.150 e. The number of benzene rings is 1. The van der Waals surface area contributed by atoms with Crippen molar-refractivity contribution in [3.8, 4) is 5.75 Å². The lowest BCUT2D eigenvalue weighted by atomic mass is 9.83. The third-order valence-electron chi connectivity index (χ3n) is 3.60. The van der Waals surface area contributed by atoms with Crippen molar-refractivity contribution in [3.05, 3.63) is 29.8 Å². The van der Waals surface area contributed by atoms with Gasteiger partial charge in [0.15, 0.2) is 0 Å². The molecule has 1 aromatic rings. The average molecular weight is 283 g/mol. The van der Waals surface area contributed by atoms with Crippen LogP contribution < -0.4 is 10.5 Å². The number of rotatable bonds is 5. The lowest BCUT2D eigenvalue weighted by molar-refractivity contribution is 0.213. The molecule has 0 aliphatic carbocycles. The molecule has 0 bridgehead atoms. The Balaban J connectivity index is 2.16. The van der Waals surface area contributed by atoms with Crippen LogP contribution in [0, 0.1) is 0 Å². The first-order valence-electron chi connectivity index (χ1n) is 6.68. The van der Waals surface area contributed by atoms with Crippen LogP contribution in [-0.4, -0.2) is 26.5 Å². The monoisotopic (exact) mass is 283 g/mol. The summed E-state index contributed by atoms with van der Waals surface area (Å²) in [4.78, 5) is 0. The van der Waals surface area contributed by atoms with E-state index in [0.29, 0.717) is 25.9 Å². The van der Waals surface area contributed by atoms with Crippen molar-refractivity contribution in [2.24, 2.45) is 5.73 Å². The number of sulfone groups is 1. The fourth-order valence-corrected chi connectivity index (χ4v) is 3.99. The largest absolute Gasteiger partial charge is 0.493 e. The van der Waals surface area contributed by atoms with E-state index in [2.05, 4.69) is 0 Å². The molecule has 0 radical (unpaired) electrons. The SMILES string of the molecule is CCCS(=O)(=O)CCC1(N)CCOc2ccccc21. The normalized spacial score (nSPS) is 22.6. The van der Waals surface area contributed by atoms with Gasteiger partial charge in [-0.25, -0.2) is 8.42 Å². The van der Waals surface area contributed by atoms with Gasteiger partial charge in [0.2, 0.25) is 0 Å². The van der Waals surface area contributed by atoms with Gasteiger partial charge < -0.3 is 10.5 Å². The van der Waals surface area contributed by atoms with E-state index < -0.39 is 15.4 Å². The van der Waals surface area contributed by atoms with E-state index in [0.717, 1.165) is 11.3 Å². The summed E-state index contributed by atoms with van der Waals surface area (Å²) < 4.78 is 29.3. The van der Waals surface area contributed by atoms with Gasteiger partial charge in [-0.15, -0.1) is 0 Å². The third-order valence-corrected chi connectivity index (χ3v) is 5.46. The molecule has 2 N–H and O–H groups in total. The summed E-state index contributed by atoms with van der Waals surface area (Å²) in [5.41, 5.74) is 6.77. The fraction of sp³-hybridized carbons (Fsp3) is 0.571. The standard InChI is InChI=1S/C14H21NO3S/c1-2-10-19(16,17)11-8-14(15)7-9-18-13-6-4-3-5-12(13)14/h3-6H,2,7-11,15H2,1H3. The second-order valence-corrected chi connectivity index (χ2v) is 7.46. The van der Waals surface area contributed by atoms with Gasteiger partial charge in [-0.2, -0.15) is 0 Å². The molecule has 1 unspecified atom stereocenters. The summed E-state index contributed by atoms with van der Waals surface area (Å²) in [6.45, 7) is 2.42. The quantitative estimate of drug-likeness (QED) is 0.895. The van der Waals surface area contributed by atoms with Crippen LogP contribution in [0.2, 0.25) is 0 Å². The average Bonchev–Trinajstić information content (AvgIpc) is 2.38. The van der Waals surface area contributed by atoms with Crippen LogP contribution in [0.5, 0.6) is 5.75 Å². The Morgan fingerprint density at radius 3 is 2.79 bits per heavy atom. The molecule has 0 saturated heterocycles. The van der Waals surface area contributed by atoms with Crippen LogP contribution in [0.4, 0.5) is 0 Å². The smallest absolute Gasteiger partial charge is 0.150 e. The molecule has 0 fully saturated rings. The summed E-state index contributed by atoms with van der Waals surface area (Å²) in [5, 5.41) is 0. The van der Waals surface area contributed by atoms with Gasteiger partial charge >= 0.3 is 0 Å². The second kappa shape index (κ2) is 5.51. The van der Waals surface area contributed by atoms with Gasteiger partial charge in [-0.05, 0) is 18.9 Å². The lowest BCUT2D eigenvalue weighted by Gasteiger charge is -2.35. The highest BCUT2D eigenvalue weighted by Crippen LogP contribution is 2.37. The number of hydrogen-bond acceptors (Lipinski definition) is 4. The molecule has 1 heterocycles. The minimum atomic E-state index is -2.99. The van der Waals surface area contributed by atoms with E-state index in [1.807, 2.05) is 31.2 Å². The van der Waals surface area contributed by atoms with Crippen molar-refractivity contribution in [2.75, 3.05) is 18.1 Å². The molecule has 5 heteroatoms. The zero-order valence-electron chi connectivity index (χ0n) is 11.3. The summed E-state index contributed by atoms with van der Waals surface area (Å²) in [5.74, 6) is 1.16. The molecule has 19 heavy (non-hydrogen) atoms. The molecule has 0 spiro atoms. The maximum atomic E-state index is 11.8. The van der Waals surface area contributed by atoms with E-state index in [1.54, 1.807) is 0 Å². The Kier molecular flexibility index (Phi) is 4.16. The minimum absolute atomic E-state index is 0.145. The predicted molar refractivity (Wildman–Crippen MR) is 76.0 cm³/mol. The summed E-state index contributed by atoms with van der Waals surface area (Å²) in [7, 11) is -2.99. The number of nitrogens with two attached hydrogens (primary N) is 1. The Labute approximate surface area is 114 Å². The molecule has 1 atom stereocenters. The van der Waals surface area contributed by atoms with Crippen molar-refractivity contribution in [3.63, 3.8) is 0 Å².